The second kappa shape index (κ2) is 4.90. The lowest BCUT2D eigenvalue weighted by molar-refractivity contribution is -0.139. The van der Waals surface area contributed by atoms with Gasteiger partial charge in [0.15, 0.2) is 0 Å². The molecule has 1 rings (SSSR count). The topological polar surface area (TPSA) is 86.2 Å². The number of carbonyl (C=O) groups excluding carboxylic acids is 2. The molecule has 1 aromatic rings. The van der Waals surface area contributed by atoms with Gasteiger partial charge in [-0.25, -0.2) is 0 Å². The van der Waals surface area contributed by atoms with E-state index in [-0.39, 0.29) is 0 Å². The summed E-state index contributed by atoms with van der Waals surface area (Å²) in [6, 6.07) is 9.33. The third kappa shape index (κ3) is 2.67. The van der Waals surface area contributed by atoms with Crippen LogP contribution < -0.4 is 11.5 Å². The SMILES string of the molecule is CC[C@](N)(Cc1ccccc1)C(=O)C(N)=O. The van der Waals surface area contributed by atoms with Crippen LogP contribution in [-0.2, 0) is 16.0 Å². The van der Waals surface area contributed by atoms with Crippen LogP contribution in [-0.4, -0.2) is 17.2 Å². The van der Waals surface area contributed by atoms with E-state index in [1.54, 1.807) is 6.92 Å². The van der Waals surface area contributed by atoms with Crippen molar-refractivity contribution in [3.05, 3.63) is 35.9 Å². The summed E-state index contributed by atoms with van der Waals surface area (Å²) in [6.07, 6.45) is 0.704. The summed E-state index contributed by atoms with van der Waals surface area (Å²) in [7, 11) is 0. The predicted octanol–water partition coefficient (Wildman–Crippen LogP) is 0.391. The van der Waals surface area contributed by atoms with Crippen molar-refractivity contribution in [3.8, 4) is 0 Å². The van der Waals surface area contributed by atoms with Crippen LogP contribution in [0.5, 0.6) is 0 Å². The highest BCUT2D eigenvalue weighted by molar-refractivity contribution is 6.39. The van der Waals surface area contributed by atoms with E-state index in [1.807, 2.05) is 30.3 Å². The van der Waals surface area contributed by atoms with E-state index in [0.29, 0.717) is 12.8 Å². The molecule has 1 aromatic carbocycles. The summed E-state index contributed by atoms with van der Waals surface area (Å²) in [5.74, 6) is -1.68. The van der Waals surface area contributed by atoms with Crippen LogP contribution in [0.2, 0.25) is 0 Å². The predicted molar refractivity (Wildman–Crippen MR) is 61.6 cm³/mol. The van der Waals surface area contributed by atoms with Crippen LogP contribution in [0, 0.1) is 0 Å². The fraction of sp³-hybridized carbons (Fsp3) is 0.333. The van der Waals surface area contributed by atoms with Crippen LogP contribution in [0.1, 0.15) is 18.9 Å². The quantitative estimate of drug-likeness (QED) is 0.704. The third-order valence-electron chi connectivity index (χ3n) is 2.67. The first kappa shape index (κ1) is 12.4. The Hall–Kier alpha value is -1.68. The largest absolute Gasteiger partial charge is 0.363 e. The third-order valence-corrected chi connectivity index (χ3v) is 2.67. The standard InChI is InChI=1S/C12H16N2O2/c1-2-12(14,10(15)11(13)16)8-9-6-4-3-5-7-9/h3-7H,2,8,14H2,1H3,(H2,13,16)/t12-/m0/s1. The van der Waals surface area contributed by atoms with Crippen molar-refractivity contribution >= 4 is 11.7 Å². The van der Waals surface area contributed by atoms with Crippen molar-refractivity contribution < 1.29 is 9.59 Å². The number of benzene rings is 1. The maximum atomic E-state index is 11.6. The van der Waals surface area contributed by atoms with Gasteiger partial charge in [-0.3, -0.25) is 9.59 Å². The van der Waals surface area contributed by atoms with Gasteiger partial charge in [-0.15, -0.1) is 0 Å². The summed E-state index contributed by atoms with van der Waals surface area (Å²) in [5.41, 5.74) is 10.6. The summed E-state index contributed by atoms with van der Waals surface area (Å²) in [5, 5.41) is 0. The Balaban J connectivity index is 2.90. The van der Waals surface area contributed by atoms with Crippen molar-refractivity contribution in [2.24, 2.45) is 11.5 Å². The first-order chi connectivity index (χ1) is 7.49. The van der Waals surface area contributed by atoms with Gasteiger partial charge in [-0.1, -0.05) is 37.3 Å². The van der Waals surface area contributed by atoms with Crippen LogP contribution in [0.4, 0.5) is 0 Å². The van der Waals surface area contributed by atoms with Crippen LogP contribution in [0.15, 0.2) is 30.3 Å². The number of carbonyl (C=O) groups is 2. The molecule has 1 amide bonds. The molecule has 0 unspecified atom stereocenters. The summed E-state index contributed by atoms with van der Waals surface area (Å²) in [4.78, 5) is 22.5. The zero-order chi connectivity index (χ0) is 12.2. The van der Waals surface area contributed by atoms with Gasteiger partial charge in [-0.05, 0) is 18.4 Å². The molecule has 0 bridgehead atoms. The zero-order valence-electron chi connectivity index (χ0n) is 9.27. The average Bonchev–Trinajstić information content (AvgIpc) is 2.29. The van der Waals surface area contributed by atoms with E-state index in [1.165, 1.54) is 0 Å². The molecule has 0 aliphatic carbocycles. The highest BCUT2D eigenvalue weighted by atomic mass is 16.2. The highest BCUT2D eigenvalue weighted by Gasteiger charge is 2.35. The van der Waals surface area contributed by atoms with E-state index in [0.717, 1.165) is 5.56 Å². The molecule has 0 spiro atoms. The average molecular weight is 220 g/mol. The second-order valence-corrected chi connectivity index (χ2v) is 3.87. The number of amides is 1. The Morgan fingerprint density at radius 3 is 2.25 bits per heavy atom. The maximum Gasteiger partial charge on any atom is 0.286 e. The Morgan fingerprint density at radius 1 is 1.25 bits per heavy atom. The number of ketones is 1. The zero-order valence-corrected chi connectivity index (χ0v) is 9.27. The molecule has 0 radical (unpaired) electrons. The molecule has 1 atom stereocenters. The fourth-order valence-electron chi connectivity index (χ4n) is 1.57. The minimum absolute atomic E-state index is 0.326. The lowest BCUT2D eigenvalue weighted by Gasteiger charge is -2.24. The second-order valence-electron chi connectivity index (χ2n) is 3.87. The summed E-state index contributed by atoms with van der Waals surface area (Å²) in [6.45, 7) is 1.77. The monoisotopic (exact) mass is 220 g/mol. The molecule has 0 fully saturated rings. The van der Waals surface area contributed by atoms with Crippen molar-refractivity contribution in [3.63, 3.8) is 0 Å². The van der Waals surface area contributed by atoms with E-state index >= 15 is 0 Å². The van der Waals surface area contributed by atoms with Gasteiger partial charge in [0.25, 0.3) is 5.91 Å². The lowest BCUT2D eigenvalue weighted by Crippen LogP contribution is -2.54. The minimum Gasteiger partial charge on any atom is -0.363 e. The number of hydrogen-bond donors (Lipinski definition) is 2. The Labute approximate surface area is 94.6 Å². The molecule has 0 aliphatic heterocycles. The number of hydrogen-bond acceptors (Lipinski definition) is 3. The first-order valence-corrected chi connectivity index (χ1v) is 5.16. The minimum atomic E-state index is -1.19. The van der Waals surface area contributed by atoms with Gasteiger partial charge in [0.2, 0.25) is 5.78 Å². The summed E-state index contributed by atoms with van der Waals surface area (Å²) >= 11 is 0. The van der Waals surface area contributed by atoms with Gasteiger partial charge in [0, 0.05) is 0 Å². The maximum absolute atomic E-state index is 11.6. The van der Waals surface area contributed by atoms with E-state index in [4.69, 9.17) is 11.5 Å². The molecule has 0 saturated carbocycles. The molecule has 0 aromatic heterocycles. The Morgan fingerprint density at radius 2 is 1.81 bits per heavy atom. The van der Waals surface area contributed by atoms with Crippen LogP contribution >= 0.6 is 0 Å². The number of primary amides is 1. The van der Waals surface area contributed by atoms with Gasteiger partial charge < -0.3 is 11.5 Å². The van der Waals surface area contributed by atoms with Crippen LogP contribution in [0.25, 0.3) is 0 Å². The molecule has 16 heavy (non-hydrogen) atoms. The molecule has 4 heteroatoms. The van der Waals surface area contributed by atoms with Gasteiger partial charge in [0.05, 0.1) is 5.54 Å². The molecule has 4 nitrogen and oxygen atoms in total. The molecule has 86 valence electrons. The van der Waals surface area contributed by atoms with E-state index < -0.39 is 17.2 Å². The smallest absolute Gasteiger partial charge is 0.286 e. The first-order valence-electron chi connectivity index (χ1n) is 5.16. The van der Waals surface area contributed by atoms with E-state index in [9.17, 15) is 9.59 Å². The molecule has 4 N–H and O–H groups in total. The van der Waals surface area contributed by atoms with E-state index in [2.05, 4.69) is 0 Å². The van der Waals surface area contributed by atoms with Crippen molar-refractivity contribution in [1.82, 2.24) is 0 Å². The number of rotatable bonds is 5. The van der Waals surface area contributed by atoms with Gasteiger partial charge >= 0.3 is 0 Å². The normalized spacial score (nSPS) is 14.1. The molecule has 0 aliphatic rings. The molecular formula is C12H16N2O2. The number of nitrogens with two attached hydrogens (primary N) is 2. The van der Waals surface area contributed by atoms with Crippen molar-refractivity contribution in [2.45, 2.75) is 25.3 Å². The molecule has 0 heterocycles. The lowest BCUT2D eigenvalue weighted by atomic mass is 9.85. The van der Waals surface area contributed by atoms with Gasteiger partial charge in [-0.2, -0.15) is 0 Å². The Bertz CT molecular complexity index is 389. The molecule has 0 saturated heterocycles. The highest BCUT2D eigenvalue weighted by Crippen LogP contribution is 2.15. The van der Waals surface area contributed by atoms with Crippen molar-refractivity contribution in [2.75, 3.05) is 0 Å². The van der Waals surface area contributed by atoms with Crippen LogP contribution in [0.3, 0.4) is 0 Å². The Kier molecular flexibility index (Phi) is 3.79. The number of Topliss-reactive ketones (excluding diaryl/α,β-unsaturated/α-hetero) is 1. The summed E-state index contributed by atoms with van der Waals surface area (Å²) < 4.78 is 0. The fourth-order valence-corrected chi connectivity index (χ4v) is 1.57. The van der Waals surface area contributed by atoms with Crippen molar-refractivity contribution in [1.29, 1.82) is 0 Å². The molecular weight excluding hydrogens is 204 g/mol. The van der Waals surface area contributed by atoms with Gasteiger partial charge in [0.1, 0.15) is 0 Å².